The van der Waals surface area contributed by atoms with Crippen LogP contribution in [0.5, 0.6) is 0 Å². The van der Waals surface area contributed by atoms with Gasteiger partial charge in [-0.1, -0.05) is 0 Å². The molecule has 0 rings (SSSR count). The third kappa shape index (κ3) is 10.6. The predicted octanol–water partition coefficient (Wildman–Crippen LogP) is -1.21. The van der Waals surface area contributed by atoms with Crippen LogP contribution in [0, 0.1) is 5.92 Å². The van der Waals surface area contributed by atoms with Crippen LogP contribution in [0.2, 0.25) is 0 Å². The van der Waals surface area contributed by atoms with Crippen molar-refractivity contribution in [2.24, 2.45) is 16.6 Å². The fourth-order valence-corrected chi connectivity index (χ4v) is 1.21. The van der Waals surface area contributed by atoms with E-state index in [9.17, 15) is 4.79 Å². The van der Waals surface area contributed by atoms with Gasteiger partial charge in [-0.15, -0.1) is 0 Å². The summed E-state index contributed by atoms with van der Waals surface area (Å²) in [6.45, 7) is 4.99. The Morgan fingerprint density at radius 1 is 1.37 bits per heavy atom. The van der Waals surface area contributed by atoms with Crippen molar-refractivity contribution in [1.82, 2.24) is 5.32 Å². The van der Waals surface area contributed by atoms with Crippen LogP contribution < -0.4 is 11.1 Å². The number of ether oxygens (including phenoxy) is 2. The molecule has 0 aromatic heterocycles. The Balaban J connectivity index is 3.53. The number of aliphatic imine (C=N–C) groups is 1. The molecule has 0 bridgehead atoms. The number of aliphatic hydroxyl groups is 1. The van der Waals surface area contributed by atoms with E-state index in [4.69, 9.17) is 20.3 Å². The highest BCUT2D eigenvalue weighted by molar-refractivity contribution is 5.93. The number of rotatable bonds is 12. The highest BCUT2D eigenvalue weighted by Gasteiger charge is 2.13. The Morgan fingerprint density at radius 2 is 2.05 bits per heavy atom. The highest BCUT2D eigenvalue weighted by Crippen LogP contribution is 1.91. The van der Waals surface area contributed by atoms with Gasteiger partial charge in [0.15, 0.2) is 0 Å². The molecule has 7 nitrogen and oxygen atoms in total. The molecule has 7 heteroatoms. The molecule has 112 valence electrons. The Hall–Kier alpha value is -1.02. The molecular formula is C12H25N3O4. The first-order chi connectivity index (χ1) is 9.26. The Kier molecular flexibility index (Phi) is 12.7. The summed E-state index contributed by atoms with van der Waals surface area (Å²) in [7, 11) is 0. The van der Waals surface area contributed by atoms with Crippen LogP contribution in [0.3, 0.4) is 0 Å². The zero-order valence-corrected chi connectivity index (χ0v) is 11.5. The molecule has 0 aliphatic rings. The normalized spacial score (nSPS) is 12.8. The number of nitrogens with zero attached hydrogens (tertiary/aromatic N) is 1. The fourth-order valence-electron chi connectivity index (χ4n) is 1.21. The standard InChI is InChI=1S/C12H25N3O4/c1-2-14-9-11(10-16)12(17)15-4-6-19-8-7-18-5-3-13/h9,11,16H,2-8,10,13H2,1H3,(H,15,17)/b14-9+. The molecule has 0 saturated carbocycles. The maximum Gasteiger partial charge on any atom is 0.230 e. The summed E-state index contributed by atoms with van der Waals surface area (Å²) in [5, 5.41) is 11.7. The van der Waals surface area contributed by atoms with E-state index in [1.165, 1.54) is 6.21 Å². The lowest BCUT2D eigenvalue weighted by Gasteiger charge is -2.10. The van der Waals surface area contributed by atoms with Gasteiger partial charge in [-0.25, -0.2) is 0 Å². The van der Waals surface area contributed by atoms with Crippen LogP contribution in [-0.4, -0.2) is 69.9 Å². The number of nitrogens with one attached hydrogen (secondary N) is 1. The minimum Gasteiger partial charge on any atom is -0.395 e. The largest absolute Gasteiger partial charge is 0.395 e. The van der Waals surface area contributed by atoms with Gasteiger partial charge in [0.1, 0.15) is 0 Å². The van der Waals surface area contributed by atoms with Crippen molar-refractivity contribution in [2.75, 3.05) is 52.7 Å². The second kappa shape index (κ2) is 13.4. The number of nitrogens with two attached hydrogens (primary N) is 1. The minimum atomic E-state index is -0.590. The number of aliphatic hydroxyl groups excluding tert-OH is 1. The van der Waals surface area contributed by atoms with Gasteiger partial charge in [0, 0.05) is 25.8 Å². The van der Waals surface area contributed by atoms with Gasteiger partial charge >= 0.3 is 0 Å². The number of carbonyl (C=O) groups is 1. The lowest BCUT2D eigenvalue weighted by atomic mass is 10.1. The average molecular weight is 275 g/mol. The first-order valence-corrected chi connectivity index (χ1v) is 6.50. The molecule has 0 aliphatic heterocycles. The average Bonchev–Trinajstić information content (AvgIpc) is 2.42. The van der Waals surface area contributed by atoms with Crippen molar-refractivity contribution in [3.8, 4) is 0 Å². The van der Waals surface area contributed by atoms with Crippen LogP contribution in [0.1, 0.15) is 6.92 Å². The molecular weight excluding hydrogens is 250 g/mol. The quantitative estimate of drug-likeness (QED) is 0.306. The van der Waals surface area contributed by atoms with Crippen LogP contribution in [-0.2, 0) is 14.3 Å². The summed E-state index contributed by atoms with van der Waals surface area (Å²) >= 11 is 0. The van der Waals surface area contributed by atoms with E-state index in [0.29, 0.717) is 46.1 Å². The van der Waals surface area contributed by atoms with E-state index in [1.807, 2.05) is 6.92 Å². The lowest BCUT2D eigenvalue weighted by molar-refractivity contribution is -0.124. The van der Waals surface area contributed by atoms with Crippen LogP contribution in [0.4, 0.5) is 0 Å². The number of hydrogen-bond donors (Lipinski definition) is 3. The predicted molar refractivity (Wildman–Crippen MR) is 73.3 cm³/mol. The topological polar surface area (TPSA) is 106 Å². The molecule has 0 heterocycles. The van der Waals surface area contributed by atoms with Crippen molar-refractivity contribution in [3.05, 3.63) is 0 Å². The first kappa shape index (κ1) is 18.0. The van der Waals surface area contributed by atoms with Crippen molar-refractivity contribution in [2.45, 2.75) is 6.92 Å². The summed E-state index contributed by atoms with van der Waals surface area (Å²) in [5.74, 6) is -0.837. The Labute approximate surface area is 114 Å². The minimum absolute atomic E-state index is 0.247. The third-order valence-electron chi connectivity index (χ3n) is 2.18. The summed E-state index contributed by atoms with van der Waals surface area (Å²) < 4.78 is 10.4. The molecule has 0 spiro atoms. The van der Waals surface area contributed by atoms with Crippen molar-refractivity contribution in [3.63, 3.8) is 0 Å². The van der Waals surface area contributed by atoms with Crippen molar-refractivity contribution >= 4 is 12.1 Å². The van der Waals surface area contributed by atoms with E-state index in [1.54, 1.807) is 0 Å². The van der Waals surface area contributed by atoms with Crippen LogP contribution in [0.25, 0.3) is 0 Å². The number of amides is 1. The molecule has 0 aliphatic carbocycles. The van der Waals surface area contributed by atoms with E-state index in [2.05, 4.69) is 10.3 Å². The second-order valence-corrected chi connectivity index (χ2v) is 3.74. The molecule has 1 amide bonds. The SMILES string of the molecule is CC/N=C/C(CO)C(=O)NCCOCCOCCN. The van der Waals surface area contributed by atoms with E-state index >= 15 is 0 Å². The zero-order chi connectivity index (χ0) is 14.3. The Bertz CT molecular complexity index is 249. The number of carbonyl (C=O) groups excluding carboxylic acids is 1. The van der Waals surface area contributed by atoms with Gasteiger partial charge in [0.05, 0.1) is 39.0 Å². The van der Waals surface area contributed by atoms with E-state index in [-0.39, 0.29) is 12.5 Å². The van der Waals surface area contributed by atoms with E-state index < -0.39 is 5.92 Å². The van der Waals surface area contributed by atoms with Gasteiger partial charge in [-0.05, 0) is 6.92 Å². The van der Waals surface area contributed by atoms with Gasteiger partial charge in [0.2, 0.25) is 5.91 Å². The van der Waals surface area contributed by atoms with Gasteiger partial charge in [0.25, 0.3) is 0 Å². The zero-order valence-electron chi connectivity index (χ0n) is 11.5. The second-order valence-electron chi connectivity index (χ2n) is 3.74. The lowest BCUT2D eigenvalue weighted by Crippen LogP contribution is -2.35. The molecule has 4 N–H and O–H groups in total. The van der Waals surface area contributed by atoms with Gasteiger partial charge in [-0.2, -0.15) is 0 Å². The van der Waals surface area contributed by atoms with Crippen LogP contribution in [0.15, 0.2) is 4.99 Å². The van der Waals surface area contributed by atoms with Crippen molar-refractivity contribution < 1.29 is 19.4 Å². The molecule has 0 saturated heterocycles. The summed E-state index contributed by atoms with van der Waals surface area (Å²) in [6, 6.07) is 0. The monoisotopic (exact) mass is 275 g/mol. The molecule has 0 aromatic carbocycles. The molecule has 0 fully saturated rings. The molecule has 1 atom stereocenters. The fraction of sp³-hybridized carbons (Fsp3) is 0.833. The van der Waals surface area contributed by atoms with Gasteiger partial charge in [-0.3, -0.25) is 9.79 Å². The smallest absolute Gasteiger partial charge is 0.230 e. The molecule has 1 unspecified atom stereocenters. The van der Waals surface area contributed by atoms with Crippen LogP contribution >= 0.6 is 0 Å². The third-order valence-corrected chi connectivity index (χ3v) is 2.18. The maximum absolute atomic E-state index is 11.6. The maximum atomic E-state index is 11.6. The summed E-state index contributed by atoms with van der Waals surface area (Å²) in [5.41, 5.74) is 5.26. The number of hydrogen-bond acceptors (Lipinski definition) is 6. The van der Waals surface area contributed by atoms with Gasteiger partial charge < -0.3 is 25.6 Å². The summed E-state index contributed by atoms with van der Waals surface area (Å²) in [4.78, 5) is 15.5. The molecule has 0 radical (unpaired) electrons. The Morgan fingerprint density at radius 3 is 2.63 bits per heavy atom. The highest BCUT2D eigenvalue weighted by atomic mass is 16.5. The first-order valence-electron chi connectivity index (χ1n) is 6.50. The van der Waals surface area contributed by atoms with E-state index in [0.717, 1.165) is 0 Å². The molecule has 19 heavy (non-hydrogen) atoms. The summed E-state index contributed by atoms with van der Waals surface area (Å²) in [6.07, 6.45) is 1.47. The van der Waals surface area contributed by atoms with Crippen molar-refractivity contribution in [1.29, 1.82) is 0 Å². The molecule has 0 aromatic rings.